The molecule has 128 valence electrons. The van der Waals surface area contributed by atoms with E-state index in [4.69, 9.17) is 0 Å². The van der Waals surface area contributed by atoms with Crippen molar-refractivity contribution in [3.8, 4) is 9.75 Å². The fourth-order valence-electron chi connectivity index (χ4n) is 2.70. The third-order valence-corrected chi connectivity index (χ3v) is 6.16. The minimum Gasteiger partial charge on any atom is -0.302 e. The first kappa shape index (κ1) is 16.5. The summed E-state index contributed by atoms with van der Waals surface area (Å²) < 4.78 is 0. The van der Waals surface area contributed by atoms with Crippen LogP contribution < -0.4 is 4.90 Å². The van der Waals surface area contributed by atoms with Crippen LogP contribution in [0, 0.1) is 10.1 Å². The Bertz CT molecular complexity index is 987. The Morgan fingerprint density at radius 3 is 1.77 bits per heavy atom. The molecule has 0 N–H and O–H groups in total. The van der Waals surface area contributed by atoms with Crippen LogP contribution >= 0.6 is 22.7 Å². The van der Waals surface area contributed by atoms with Crippen molar-refractivity contribution in [2.45, 2.75) is 0 Å². The van der Waals surface area contributed by atoms with Crippen LogP contribution in [0.25, 0.3) is 9.75 Å². The highest BCUT2D eigenvalue weighted by Crippen LogP contribution is 2.43. The van der Waals surface area contributed by atoms with Gasteiger partial charge in [-0.05, 0) is 42.5 Å². The Kier molecular flexibility index (Phi) is 4.51. The number of hydrogen-bond donors (Lipinski definition) is 0. The van der Waals surface area contributed by atoms with Crippen molar-refractivity contribution in [3.63, 3.8) is 0 Å². The molecule has 26 heavy (non-hydrogen) atoms. The van der Waals surface area contributed by atoms with E-state index in [1.807, 2.05) is 48.5 Å². The molecule has 0 bridgehead atoms. The zero-order valence-electron chi connectivity index (χ0n) is 13.6. The highest BCUT2D eigenvalue weighted by Gasteiger charge is 2.17. The van der Waals surface area contributed by atoms with Gasteiger partial charge in [0.1, 0.15) is 5.00 Å². The van der Waals surface area contributed by atoms with E-state index in [1.54, 1.807) is 17.4 Å². The quantitative estimate of drug-likeness (QED) is 0.282. The van der Waals surface area contributed by atoms with Crippen LogP contribution in [0.5, 0.6) is 0 Å². The molecular weight excluding hydrogens is 364 g/mol. The minimum absolute atomic E-state index is 0.165. The number of nitro groups is 1. The lowest BCUT2D eigenvalue weighted by atomic mass is 10.2. The molecule has 4 nitrogen and oxygen atoms in total. The lowest BCUT2D eigenvalue weighted by molar-refractivity contribution is -0.380. The Hall–Kier alpha value is -2.96. The standard InChI is InChI=1S/C20H14N2O2S2/c23-22(24)20-14-12-18(26-20)17-11-13-19(25-17)21(15-7-3-1-4-8-15)16-9-5-2-6-10-16/h1-14H. The summed E-state index contributed by atoms with van der Waals surface area (Å²) >= 11 is 2.83. The lowest BCUT2D eigenvalue weighted by Gasteiger charge is -2.23. The number of hydrogen-bond acceptors (Lipinski definition) is 5. The molecule has 0 aliphatic carbocycles. The molecule has 0 amide bonds. The maximum atomic E-state index is 10.9. The SMILES string of the molecule is O=[N+]([O-])c1ccc(-c2ccc(N(c3ccccc3)c3ccccc3)s2)s1. The molecule has 0 radical (unpaired) electrons. The highest BCUT2D eigenvalue weighted by molar-refractivity contribution is 7.25. The minimum atomic E-state index is -0.344. The molecule has 0 fully saturated rings. The molecule has 2 heterocycles. The zero-order valence-corrected chi connectivity index (χ0v) is 15.2. The van der Waals surface area contributed by atoms with Gasteiger partial charge in [-0.3, -0.25) is 10.1 Å². The normalized spacial score (nSPS) is 10.6. The highest BCUT2D eigenvalue weighted by atomic mass is 32.1. The molecule has 0 spiro atoms. The van der Waals surface area contributed by atoms with Gasteiger partial charge in [0.2, 0.25) is 0 Å². The van der Waals surface area contributed by atoms with Crippen molar-refractivity contribution in [3.05, 3.63) is 95.0 Å². The summed E-state index contributed by atoms with van der Waals surface area (Å²) in [5.41, 5.74) is 2.15. The first-order chi connectivity index (χ1) is 12.7. The predicted molar refractivity (Wildman–Crippen MR) is 109 cm³/mol. The van der Waals surface area contributed by atoms with Gasteiger partial charge in [-0.2, -0.15) is 0 Å². The Morgan fingerprint density at radius 1 is 0.692 bits per heavy atom. The van der Waals surface area contributed by atoms with E-state index < -0.39 is 0 Å². The molecule has 0 aliphatic rings. The summed E-state index contributed by atoms with van der Waals surface area (Å²) in [4.78, 5) is 14.7. The van der Waals surface area contributed by atoms with Crippen molar-refractivity contribution >= 4 is 44.1 Å². The third-order valence-electron chi connectivity index (χ3n) is 3.86. The van der Waals surface area contributed by atoms with Gasteiger partial charge in [0.05, 0.1) is 9.80 Å². The molecule has 2 aromatic heterocycles. The van der Waals surface area contributed by atoms with Crippen molar-refractivity contribution in [2.75, 3.05) is 4.90 Å². The molecule has 0 aliphatic heterocycles. The fourth-order valence-corrected chi connectivity index (χ4v) is 4.66. The monoisotopic (exact) mass is 378 g/mol. The molecule has 0 saturated carbocycles. The van der Waals surface area contributed by atoms with Crippen LogP contribution in [0.1, 0.15) is 0 Å². The molecule has 0 saturated heterocycles. The van der Waals surface area contributed by atoms with Crippen molar-refractivity contribution < 1.29 is 4.92 Å². The summed E-state index contributed by atoms with van der Waals surface area (Å²) in [6, 6.07) is 27.8. The first-order valence-corrected chi connectivity index (χ1v) is 9.60. The first-order valence-electron chi connectivity index (χ1n) is 7.97. The van der Waals surface area contributed by atoms with Gasteiger partial charge in [0, 0.05) is 22.3 Å². The second-order valence-electron chi connectivity index (χ2n) is 5.54. The number of anilines is 3. The maximum absolute atomic E-state index is 10.9. The molecule has 4 rings (SSSR count). The Balaban J connectivity index is 1.75. The molecule has 0 atom stereocenters. The van der Waals surface area contributed by atoms with Gasteiger partial charge in [0.25, 0.3) is 0 Å². The number of para-hydroxylation sites is 2. The van der Waals surface area contributed by atoms with Crippen molar-refractivity contribution in [1.29, 1.82) is 0 Å². The predicted octanol–water partition coefficient (Wildman–Crippen LogP) is 6.85. The zero-order chi connectivity index (χ0) is 17.9. The van der Waals surface area contributed by atoms with E-state index in [0.717, 1.165) is 26.1 Å². The number of benzene rings is 2. The Labute approximate surface area is 158 Å². The van der Waals surface area contributed by atoms with Crippen LogP contribution in [0.3, 0.4) is 0 Å². The van der Waals surface area contributed by atoms with Gasteiger partial charge in [-0.1, -0.05) is 47.7 Å². The molecule has 2 aromatic carbocycles. The van der Waals surface area contributed by atoms with E-state index in [0.29, 0.717) is 0 Å². The third kappa shape index (κ3) is 3.24. The van der Waals surface area contributed by atoms with Gasteiger partial charge in [-0.25, -0.2) is 0 Å². The second-order valence-corrected chi connectivity index (χ2v) is 7.66. The second kappa shape index (κ2) is 7.11. The lowest BCUT2D eigenvalue weighted by Crippen LogP contribution is -2.07. The van der Waals surface area contributed by atoms with Crippen LogP contribution in [0.15, 0.2) is 84.9 Å². The van der Waals surface area contributed by atoms with Gasteiger partial charge < -0.3 is 4.90 Å². The number of nitrogens with zero attached hydrogens (tertiary/aromatic N) is 2. The summed E-state index contributed by atoms with van der Waals surface area (Å²) in [5.74, 6) is 0. The smallest absolute Gasteiger partial charge is 0.302 e. The average Bonchev–Trinajstić information content (AvgIpc) is 3.33. The van der Waals surface area contributed by atoms with Crippen molar-refractivity contribution in [1.82, 2.24) is 0 Å². The van der Waals surface area contributed by atoms with E-state index in [2.05, 4.69) is 35.2 Å². The number of rotatable bonds is 5. The molecule has 4 aromatic rings. The molecular formula is C20H14N2O2S2. The summed E-state index contributed by atoms with van der Waals surface area (Å²) in [6.45, 7) is 0. The largest absolute Gasteiger partial charge is 0.324 e. The van der Waals surface area contributed by atoms with Gasteiger partial charge in [-0.15, -0.1) is 11.3 Å². The van der Waals surface area contributed by atoms with Crippen LogP contribution in [-0.2, 0) is 0 Å². The average molecular weight is 378 g/mol. The molecule has 0 unspecified atom stereocenters. The van der Waals surface area contributed by atoms with Crippen LogP contribution in [0.2, 0.25) is 0 Å². The fraction of sp³-hybridized carbons (Fsp3) is 0. The van der Waals surface area contributed by atoms with Crippen molar-refractivity contribution in [2.24, 2.45) is 0 Å². The van der Waals surface area contributed by atoms with E-state index >= 15 is 0 Å². The van der Waals surface area contributed by atoms with E-state index in [1.165, 1.54) is 11.3 Å². The van der Waals surface area contributed by atoms with Gasteiger partial charge >= 0.3 is 5.00 Å². The number of thiophene rings is 2. The van der Waals surface area contributed by atoms with Crippen LogP contribution in [-0.4, -0.2) is 4.92 Å². The van der Waals surface area contributed by atoms with Crippen LogP contribution in [0.4, 0.5) is 21.4 Å². The van der Waals surface area contributed by atoms with E-state index in [9.17, 15) is 10.1 Å². The summed E-state index contributed by atoms with van der Waals surface area (Å²) in [5, 5.41) is 12.2. The summed E-state index contributed by atoms with van der Waals surface area (Å²) in [7, 11) is 0. The topological polar surface area (TPSA) is 46.4 Å². The van der Waals surface area contributed by atoms with Gasteiger partial charge in [0.15, 0.2) is 0 Å². The summed E-state index contributed by atoms with van der Waals surface area (Å²) in [6.07, 6.45) is 0. The molecule has 6 heteroatoms. The van der Waals surface area contributed by atoms with E-state index in [-0.39, 0.29) is 9.92 Å². The Morgan fingerprint density at radius 2 is 1.23 bits per heavy atom. The maximum Gasteiger partial charge on any atom is 0.324 e.